The molecule has 2 aromatic rings. The Morgan fingerprint density at radius 3 is 2.38 bits per heavy atom. The van der Waals surface area contributed by atoms with Crippen molar-refractivity contribution in [2.45, 2.75) is 19.8 Å². The lowest BCUT2D eigenvalue weighted by Crippen LogP contribution is -2.10. The molecule has 0 aromatic heterocycles. The Labute approximate surface area is 126 Å². The van der Waals surface area contributed by atoms with E-state index < -0.39 is 0 Å². The highest BCUT2D eigenvalue weighted by Crippen LogP contribution is 2.25. The van der Waals surface area contributed by atoms with Gasteiger partial charge in [-0.15, -0.1) is 0 Å². The summed E-state index contributed by atoms with van der Waals surface area (Å²) in [4.78, 5) is 13.7. The van der Waals surface area contributed by atoms with Crippen LogP contribution in [0.15, 0.2) is 48.5 Å². The number of benzene rings is 2. The maximum atomic E-state index is 11.7. The lowest BCUT2D eigenvalue weighted by molar-refractivity contribution is -0.116. The first-order chi connectivity index (χ1) is 10.1. The van der Waals surface area contributed by atoms with Crippen LogP contribution in [-0.4, -0.2) is 20.0 Å². The van der Waals surface area contributed by atoms with Crippen molar-refractivity contribution < 1.29 is 4.79 Å². The molecule has 1 amide bonds. The van der Waals surface area contributed by atoms with E-state index in [2.05, 4.69) is 40.5 Å². The summed E-state index contributed by atoms with van der Waals surface area (Å²) in [6.07, 6.45) is 1.42. The molecule has 1 N–H and O–H groups in total. The second kappa shape index (κ2) is 6.93. The molecule has 0 radical (unpaired) electrons. The van der Waals surface area contributed by atoms with E-state index in [0.29, 0.717) is 6.42 Å². The lowest BCUT2D eigenvalue weighted by Gasteiger charge is -2.13. The normalized spacial score (nSPS) is 10.2. The molecule has 0 aliphatic carbocycles. The van der Waals surface area contributed by atoms with Crippen molar-refractivity contribution in [1.29, 1.82) is 0 Å². The van der Waals surface area contributed by atoms with Gasteiger partial charge in [-0.25, -0.2) is 0 Å². The predicted molar refractivity (Wildman–Crippen MR) is 89.7 cm³/mol. The third-order valence-corrected chi connectivity index (χ3v) is 3.34. The van der Waals surface area contributed by atoms with Gasteiger partial charge in [0.2, 0.25) is 5.91 Å². The molecule has 0 unspecified atom stereocenters. The molecule has 2 rings (SSSR count). The number of rotatable bonds is 5. The van der Waals surface area contributed by atoms with Crippen LogP contribution in [-0.2, 0) is 4.79 Å². The molecule has 0 aliphatic heterocycles. The number of amides is 1. The minimum atomic E-state index is 0.0672. The molecule has 0 saturated carbocycles. The minimum absolute atomic E-state index is 0.0672. The van der Waals surface area contributed by atoms with Crippen molar-refractivity contribution in [1.82, 2.24) is 0 Å². The highest BCUT2D eigenvalue weighted by molar-refractivity contribution is 5.91. The molecule has 0 heterocycles. The van der Waals surface area contributed by atoms with Gasteiger partial charge in [0.25, 0.3) is 0 Å². The van der Waals surface area contributed by atoms with E-state index in [4.69, 9.17) is 0 Å². The van der Waals surface area contributed by atoms with Crippen molar-refractivity contribution in [3.8, 4) is 11.1 Å². The summed E-state index contributed by atoms with van der Waals surface area (Å²) < 4.78 is 0. The molecule has 21 heavy (non-hydrogen) atoms. The number of carbonyl (C=O) groups is 1. The molecule has 110 valence electrons. The summed E-state index contributed by atoms with van der Waals surface area (Å²) in [7, 11) is 4.05. The Balaban J connectivity index is 2.18. The van der Waals surface area contributed by atoms with Gasteiger partial charge in [-0.3, -0.25) is 4.79 Å². The standard InChI is InChI=1S/C18H22N2O/c1-4-6-18(21)19-16-8-5-7-15(13-16)14-9-11-17(12-10-14)20(2)3/h5,7-13H,4,6H2,1-3H3,(H,19,21). The third-order valence-electron chi connectivity index (χ3n) is 3.34. The summed E-state index contributed by atoms with van der Waals surface area (Å²) in [5.41, 5.74) is 4.27. The quantitative estimate of drug-likeness (QED) is 0.893. The zero-order valence-electron chi connectivity index (χ0n) is 12.9. The fraction of sp³-hybridized carbons (Fsp3) is 0.278. The van der Waals surface area contributed by atoms with Gasteiger partial charge >= 0.3 is 0 Å². The molecule has 0 aliphatic rings. The van der Waals surface area contributed by atoms with E-state index in [-0.39, 0.29) is 5.91 Å². The van der Waals surface area contributed by atoms with Crippen LogP contribution in [0.4, 0.5) is 11.4 Å². The second-order valence-electron chi connectivity index (χ2n) is 5.32. The summed E-state index contributed by atoms with van der Waals surface area (Å²) >= 11 is 0. The fourth-order valence-corrected chi connectivity index (χ4v) is 2.18. The number of anilines is 2. The van der Waals surface area contributed by atoms with Gasteiger partial charge in [-0.1, -0.05) is 31.2 Å². The van der Waals surface area contributed by atoms with E-state index >= 15 is 0 Å². The topological polar surface area (TPSA) is 32.3 Å². The Morgan fingerprint density at radius 2 is 1.76 bits per heavy atom. The van der Waals surface area contributed by atoms with E-state index in [0.717, 1.165) is 23.2 Å². The van der Waals surface area contributed by atoms with Gasteiger partial charge in [-0.05, 0) is 41.8 Å². The van der Waals surface area contributed by atoms with E-state index in [1.165, 1.54) is 5.69 Å². The zero-order chi connectivity index (χ0) is 15.2. The van der Waals surface area contributed by atoms with Crippen LogP contribution in [0.1, 0.15) is 19.8 Å². The van der Waals surface area contributed by atoms with Crippen LogP contribution >= 0.6 is 0 Å². The Hall–Kier alpha value is -2.29. The van der Waals surface area contributed by atoms with E-state index in [1.807, 2.05) is 39.2 Å². The molecule has 0 spiro atoms. The summed E-state index contributed by atoms with van der Waals surface area (Å²) in [5.74, 6) is 0.0672. The van der Waals surface area contributed by atoms with Crippen molar-refractivity contribution in [2.24, 2.45) is 0 Å². The number of nitrogens with one attached hydrogen (secondary N) is 1. The van der Waals surface area contributed by atoms with Gasteiger partial charge in [0.05, 0.1) is 0 Å². The SMILES string of the molecule is CCCC(=O)Nc1cccc(-c2ccc(N(C)C)cc2)c1. The van der Waals surface area contributed by atoms with Crippen molar-refractivity contribution in [3.05, 3.63) is 48.5 Å². The van der Waals surface area contributed by atoms with Crippen LogP contribution in [0.5, 0.6) is 0 Å². The summed E-state index contributed by atoms with van der Waals surface area (Å²) in [6.45, 7) is 2.00. The number of carbonyl (C=O) groups excluding carboxylic acids is 1. The van der Waals surface area contributed by atoms with Crippen LogP contribution in [0.3, 0.4) is 0 Å². The second-order valence-corrected chi connectivity index (χ2v) is 5.32. The monoisotopic (exact) mass is 282 g/mol. The van der Waals surface area contributed by atoms with Crippen LogP contribution in [0.2, 0.25) is 0 Å². The minimum Gasteiger partial charge on any atom is -0.378 e. The average molecular weight is 282 g/mol. The zero-order valence-corrected chi connectivity index (χ0v) is 12.9. The van der Waals surface area contributed by atoms with Crippen molar-refractivity contribution in [2.75, 3.05) is 24.3 Å². The number of nitrogens with zero attached hydrogens (tertiary/aromatic N) is 1. The molecule has 0 saturated heterocycles. The lowest BCUT2D eigenvalue weighted by atomic mass is 10.0. The van der Waals surface area contributed by atoms with Gasteiger partial charge in [-0.2, -0.15) is 0 Å². The molecular weight excluding hydrogens is 260 g/mol. The largest absolute Gasteiger partial charge is 0.378 e. The predicted octanol–water partition coefficient (Wildman–Crippen LogP) is 4.16. The van der Waals surface area contributed by atoms with E-state index in [1.54, 1.807) is 0 Å². The fourth-order valence-electron chi connectivity index (χ4n) is 2.18. The van der Waals surface area contributed by atoms with Gasteiger partial charge in [0.15, 0.2) is 0 Å². The highest BCUT2D eigenvalue weighted by atomic mass is 16.1. The maximum Gasteiger partial charge on any atom is 0.224 e. The average Bonchev–Trinajstić information content (AvgIpc) is 2.48. The molecule has 0 bridgehead atoms. The Bertz CT molecular complexity index is 603. The first-order valence-corrected chi connectivity index (χ1v) is 7.28. The van der Waals surface area contributed by atoms with Gasteiger partial charge < -0.3 is 10.2 Å². The van der Waals surface area contributed by atoms with Crippen molar-refractivity contribution in [3.63, 3.8) is 0 Å². The Morgan fingerprint density at radius 1 is 1.05 bits per heavy atom. The van der Waals surface area contributed by atoms with Gasteiger partial charge in [0.1, 0.15) is 0 Å². The first-order valence-electron chi connectivity index (χ1n) is 7.28. The highest BCUT2D eigenvalue weighted by Gasteiger charge is 2.03. The van der Waals surface area contributed by atoms with Crippen LogP contribution in [0, 0.1) is 0 Å². The third kappa shape index (κ3) is 4.09. The van der Waals surface area contributed by atoms with Crippen LogP contribution in [0.25, 0.3) is 11.1 Å². The number of hydrogen-bond donors (Lipinski definition) is 1. The Kier molecular flexibility index (Phi) is 4.99. The molecule has 0 atom stereocenters. The summed E-state index contributed by atoms with van der Waals surface area (Å²) in [6, 6.07) is 16.3. The molecule has 2 aromatic carbocycles. The van der Waals surface area contributed by atoms with Crippen LogP contribution < -0.4 is 10.2 Å². The smallest absolute Gasteiger partial charge is 0.224 e. The number of hydrogen-bond acceptors (Lipinski definition) is 2. The first kappa shape index (κ1) is 15.1. The molecule has 0 fully saturated rings. The maximum absolute atomic E-state index is 11.7. The van der Waals surface area contributed by atoms with Gasteiger partial charge in [0, 0.05) is 31.9 Å². The summed E-state index contributed by atoms with van der Waals surface area (Å²) in [5, 5.41) is 2.94. The molecule has 3 nitrogen and oxygen atoms in total. The molecule has 3 heteroatoms. The van der Waals surface area contributed by atoms with Crippen molar-refractivity contribution >= 4 is 17.3 Å². The molecular formula is C18H22N2O. The van der Waals surface area contributed by atoms with E-state index in [9.17, 15) is 4.79 Å².